The molecule has 0 bridgehead atoms. The molecule has 10 rings (SSSR count). The van der Waals surface area contributed by atoms with Gasteiger partial charge in [-0.25, -0.2) is 38.3 Å². The highest BCUT2D eigenvalue weighted by Crippen LogP contribution is 2.41. The quantitative estimate of drug-likeness (QED) is 0.144. The zero-order chi connectivity index (χ0) is 40.5. The van der Waals surface area contributed by atoms with E-state index in [4.69, 9.17) is 21.2 Å². The highest BCUT2D eigenvalue weighted by atomic mass is 32.2. The first-order valence-electron chi connectivity index (χ1n) is 18.8. The van der Waals surface area contributed by atoms with Crippen molar-refractivity contribution in [3.05, 3.63) is 133 Å². The molecule has 7 heterocycles. The zero-order valence-corrected chi connectivity index (χ0v) is 34.3. The summed E-state index contributed by atoms with van der Waals surface area (Å²) in [5.41, 5.74) is 20.4. The fraction of sp³-hybridized carbons (Fsp3) is 0.163. The van der Waals surface area contributed by atoms with Crippen molar-refractivity contribution in [3.63, 3.8) is 0 Å². The topological polar surface area (TPSA) is 183 Å². The van der Waals surface area contributed by atoms with Gasteiger partial charge in [0.2, 0.25) is 0 Å². The minimum atomic E-state index is -3.10. The molecule has 1 aliphatic heterocycles. The van der Waals surface area contributed by atoms with Crippen LogP contribution in [0.15, 0.2) is 122 Å². The van der Waals surface area contributed by atoms with Gasteiger partial charge in [-0.3, -0.25) is 0 Å². The van der Waals surface area contributed by atoms with Crippen LogP contribution in [0.3, 0.4) is 0 Å². The van der Waals surface area contributed by atoms with Crippen molar-refractivity contribution < 1.29 is 13.2 Å². The van der Waals surface area contributed by atoms with Crippen molar-refractivity contribution in [2.24, 2.45) is 0 Å². The molecule has 3 aromatic carbocycles. The number of sulfone groups is 1. The van der Waals surface area contributed by atoms with Crippen LogP contribution in [0.5, 0.6) is 0 Å². The Morgan fingerprint density at radius 3 is 1.78 bits per heavy atom. The number of hydrogen-bond donors (Lipinski definition) is 2. The summed E-state index contributed by atoms with van der Waals surface area (Å²) in [5, 5.41) is 1.66. The Balaban J connectivity index is 0.000000155. The van der Waals surface area contributed by atoms with E-state index in [1.807, 2.05) is 65.5 Å². The van der Waals surface area contributed by atoms with Crippen molar-refractivity contribution in [2.75, 3.05) is 30.1 Å². The van der Waals surface area contributed by atoms with Crippen molar-refractivity contribution in [3.8, 4) is 43.7 Å². The number of aromatic nitrogens is 8. The summed E-state index contributed by atoms with van der Waals surface area (Å²) >= 11 is 3.09. The number of thiophene rings is 2. The predicted molar refractivity (Wildman–Crippen MR) is 236 cm³/mol. The van der Waals surface area contributed by atoms with E-state index in [2.05, 4.69) is 72.0 Å². The largest absolute Gasteiger partial charge is 0.383 e. The second-order valence-electron chi connectivity index (χ2n) is 14.1. The normalized spacial score (nSPS) is 13.9. The fourth-order valence-electron chi connectivity index (χ4n) is 7.26. The summed E-state index contributed by atoms with van der Waals surface area (Å²) in [5.74, 6) is 0.956. The molecule has 16 heteroatoms. The summed E-state index contributed by atoms with van der Waals surface area (Å²) in [4.78, 5) is 29.9. The molecule has 13 nitrogen and oxygen atoms in total. The number of imidazole rings is 2. The SMILES string of the molecule is CS(=O)(=O)CCn1cnc(-c2ccccc2)c1-c1cc2c(N)ncnc2s1.Nc1ncnc2sc(-c3c(-c4ccccc4)ncn3CC3OCCc4ccccc43)cc12. The van der Waals surface area contributed by atoms with Crippen LogP contribution < -0.4 is 11.5 Å². The first kappa shape index (κ1) is 38.2. The van der Waals surface area contributed by atoms with Gasteiger partial charge >= 0.3 is 0 Å². The summed E-state index contributed by atoms with van der Waals surface area (Å²) in [7, 11) is -3.10. The molecule has 1 unspecified atom stereocenters. The van der Waals surface area contributed by atoms with E-state index in [1.54, 1.807) is 17.7 Å². The third kappa shape index (κ3) is 7.94. The average molecular weight is 839 g/mol. The van der Waals surface area contributed by atoms with Gasteiger partial charge in [0, 0.05) is 23.9 Å². The third-order valence-electron chi connectivity index (χ3n) is 10.1. The monoisotopic (exact) mass is 838 g/mol. The van der Waals surface area contributed by atoms with Crippen molar-refractivity contribution in [2.45, 2.75) is 25.6 Å². The number of hydrogen-bond acceptors (Lipinski definition) is 13. The molecule has 0 saturated heterocycles. The van der Waals surface area contributed by atoms with Crippen LogP contribution in [0, 0.1) is 0 Å². The van der Waals surface area contributed by atoms with Crippen molar-refractivity contribution in [1.29, 1.82) is 0 Å². The maximum Gasteiger partial charge on any atom is 0.149 e. The lowest BCUT2D eigenvalue weighted by Gasteiger charge is -2.27. The van der Waals surface area contributed by atoms with Crippen LogP contribution in [0.1, 0.15) is 17.2 Å². The van der Waals surface area contributed by atoms with Crippen LogP contribution in [-0.4, -0.2) is 66.1 Å². The molecule has 1 atom stereocenters. The first-order valence-corrected chi connectivity index (χ1v) is 22.5. The van der Waals surface area contributed by atoms with E-state index in [-0.39, 0.29) is 11.9 Å². The average Bonchev–Trinajstić information content (AvgIpc) is 4.06. The number of nitrogens with zero attached hydrogens (tertiary/aromatic N) is 8. The number of fused-ring (bicyclic) bond motifs is 3. The van der Waals surface area contributed by atoms with E-state index < -0.39 is 9.84 Å². The smallest absolute Gasteiger partial charge is 0.149 e. The summed E-state index contributed by atoms with van der Waals surface area (Å²) in [6, 6.07) is 32.6. The Morgan fingerprint density at radius 2 is 1.22 bits per heavy atom. The maximum absolute atomic E-state index is 11.6. The lowest BCUT2D eigenvalue weighted by Crippen LogP contribution is -2.20. The summed E-state index contributed by atoms with van der Waals surface area (Å²) < 4.78 is 33.6. The predicted octanol–water partition coefficient (Wildman–Crippen LogP) is 7.97. The van der Waals surface area contributed by atoms with Gasteiger partial charge in [-0.15, -0.1) is 22.7 Å². The first-order chi connectivity index (χ1) is 28.7. The number of benzene rings is 3. The second-order valence-corrected chi connectivity index (χ2v) is 18.4. The lowest BCUT2D eigenvalue weighted by atomic mass is 9.97. The maximum atomic E-state index is 11.6. The van der Waals surface area contributed by atoms with Crippen LogP contribution in [0.2, 0.25) is 0 Å². The van der Waals surface area contributed by atoms with Gasteiger partial charge in [-0.05, 0) is 29.7 Å². The van der Waals surface area contributed by atoms with Gasteiger partial charge in [-0.2, -0.15) is 0 Å². The standard InChI is InChI=1S/C25H21N5OS.C18H17N5O2S2/c26-24-19-12-21(32-25(19)28-14-27-24)23-22(17-7-2-1-3-8-17)29-15-30(23)13-20-18-9-5-4-6-16(18)10-11-31-20;1-27(24,25)8-7-23-11-22-15(12-5-3-2-4-6-12)16(23)14-9-13-17(19)20-10-21-18(13)26-14/h1-9,12,14-15,20H,10-11,13H2,(H2,26,27,28);2-6,9-11H,7-8H2,1H3,(H2,19,20,21). The molecule has 0 aliphatic carbocycles. The van der Waals surface area contributed by atoms with Crippen molar-refractivity contribution >= 4 is 64.6 Å². The second kappa shape index (κ2) is 16.1. The molecule has 0 fully saturated rings. The van der Waals surface area contributed by atoms with Gasteiger partial charge in [0.05, 0.1) is 74.9 Å². The molecule has 0 saturated carbocycles. The Labute approximate surface area is 348 Å². The molecule has 0 amide bonds. The minimum Gasteiger partial charge on any atom is -0.383 e. The number of nitrogen functional groups attached to an aromatic ring is 2. The van der Waals surface area contributed by atoms with E-state index >= 15 is 0 Å². The van der Waals surface area contributed by atoms with E-state index in [9.17, 15) is 8.42 Å². The van der Waals surface area contributed by atoms with Crippen LogP contribution in [-0.2, 0) is 34.1 Å². The Kier molecular flexibility index (Phi) is 10.4. The molecule has 9 aromatic rings. The van der Waals surface area contributed by atoms with Gasteiger partial charge in [-0.1, -0.05) is 84.9 Å². The molecule has 6 aromatic heterocycles. The fourth-order valence-corrected chi connectivity index (χ4v) is 9.92. The number of ether oxygens (including phenoxy) is 1. The number of anilines is 2. The molecule has 4 N–H and O–H groups in total. The molecule has 296 valence electrons. The van der Waals surface area contributed by atoms with E-state index in [0.29, 0.717) is 24.7 Å². The van der Waals surface area contributed by atoms with Gasteiger partial charge < -0.3 is 25.3 Å². The van der Waals surface area contributed by atoms with Crippen LogP contribution in [0.25, 0.3) is 64.1 Å². The highest BCUT2D eigenvalue weighted by molar-refractivity contribution is 7.90. The molecular formula is C43H38N10O3S3. The number of nitrogens with two attached hydrogens (primary N) is 2. The Morgan fingerprint density at radius 1 is 0.695 bits per heavy atom. The molecule has 0 spiro atoms. The van der Waals surface area contributed by atoms with Gasteiger partial charge in [0.25, 0.3) is 0 Å². The lowest BCUT2D eigenvalue weighted by molar-refractivity contribution is 0.0309. The highest BCUT2D eigenvalue weighted by Gasteiger charge is 2.25. The van der Waals surface area contributed by atoms with Crippen LogP contribution >= 0.6 is 22.7 Å². The van der Waals surface area contributed by atoms with Gasteiger partial charge in [0.1, 0.15) is 49.9 Å². The summed E-state index contributed by atoms with van der Waals surface area (Å²) in [6.07, 6.45) is 8.72. The molecule has 1 aliphatic rings. The minimum absolute atomic E-state index is 0.0178. The Hall–Kier alpha value is -6.33. The number of aryl methyl sites for hydroxylation is 1. The van der Waals surface area contributed by atoms with Gasteiger partial charge in [0.15, 0.2) is 0 Å². The van der Waals surface area contributed by atoms with Crippen LogP contribution in [0.4, 0.5) is 11.6 Å². The molecule has 59 heavy (non-hydrogen) atoms. The van der Waals surface area contributed by atoms with E-state index in [1.165, 1.54) is 41.4 Å². The summed E-state index contributed by atoms with van der Waals surface area (Å²) in [6.45, 7) is 1.73. The molecule has 0 radical (unpaired) electrons. The number of rotatable bonds is 9. The van der Waals surface area contributed by atoms with E-state index in [0.717, 1.165) is 77.1 Å². The zero-order valence-electron chi connectivity index (χ0n) is 31.8. The third-order valence-corrected chi connectivity index (χ3v) is 13.1. The van der Waals surface area contributed by atoms with Crippen molar-refractivity contribution in [1.82, 2.24) is 39.0 Å². The Bertz CT molecular complexity index is 3030. The molecular weight excluding hydrogens is 801 g/mol.